The Morgan fingerprint density at radius 2 is 1.26 bits per heavy atom. The quantitative estimate of drug-likeness (QED) is 0.588. The number of rotatable bonds is 1. The van der Waals surface area contributed by atoms with Crippen molar-refractivity contribution in [2.45, 2.75) is 76.7 Å². The zero-order valence-corrected chi connectivity index (χ0v) is 12.1. The van der Waals surface area contributed by atoms with Crippen molar-refractivity contribution in [1.29, 1.82) is 0 Å². The topological polar surface area (TPSA) is 55.4 Å². The summed E-state index contributed by atoms with van der Waals surface area (Å²) >= 11 is 0. The molecule has 0 aromatic carbocycles. The van der Waals surface area contributed by atoms with Crippen LogP contribution < -0.4 is 5.32 Å². The molecule has 0 aromatic heterocycles. The van der Waals surface area contributed by atoms with E-state index < -0.39 is 11.9 Å². The number of amides is 1. The van der Waals surface area contributed by atoms with Crippen LogP contribution in [0.25, 0.3) is 0 Å². The van der Waals surface area contributed by atoms with Crippen LogP contribution in [-0.4, -0.2) is 25.0 Å². The van der Waals surface area contributed by atoms with Gasteiger partial charge in [0.1, 0.15) is 0 Å². The zero-order chi connectivity index (χ0) is 13.9. The molecule has 110 valence electrons. The molecular formula is C15H27NO3. The fourth-order valence-corrected chi connectivity index (χ4v) is 2.64. The number of nitrogens with one attached hydrogen (secondary N) is 1. The first-order chi connectivity index (χ1) is 9.24. The molecule has 0 unspecified atom stereocenters. The molecule has 1 saturated carbocycles. The zero-order valence-electron chi connectivity index (χ0n) is 12.1. The number of ether oxygens (including phenoxy) is 1. The van der Waals surface area contributed by atoms with Gasteiger partial charge in [0.15, 0.2) is 0 Å². The number of carbonyl (C=O) groups excluding carboxylic acids is 2. The molecule has 0 saturated heterocycles. The van der Waals surface area contributed by atoms with Gasteiger partial charge >= 0.3 is 11.9 Å². The van der Waals surface area contributed by atoms with Gasteiger partial charge in [0.2, 0.25) is 0 Å². The Bertz CT molecular complexity index is 267. The molecule has 1 aliphatic rings. The summed E-state index contributed by atoms with van der Waals surface area (Å²) in [6.07, 6.45) is 13.3. The molecule has 0 aromatic rings. The first-order valence-corrected chi connectivity index (χ1v) is 7.63. The van der Waals surface area contributed by atoms with E-state index in [0.717, 1.165) is 25.7 Å². The standard InChI is InChI=1S/C15H27NO3/c1-19-15(18)14(17)16-13-11-9-7-5-3-2-4-6-8-10-12-13/h13H,2-12H2,1H3,(H,16,17). The molecule has 0 aliphatic heterocycles. The summed E-state index contributed by atoms with van der Waals surface area (Å²) in [5, 5.41) is 2.81. The van der Waals surface area contributed by atoms with Gasteiger partial charge < -0.3 is 10.1 Å². The average Bonchev–Trinajstić information content (AvgIpc) is 2.40. The van der Waals surface area contributed by atoms with Crippen molar-refractivity contribution in [1.82, 2.24) is 5.32 Å². The van der Waals surface area contributed by atoms with Crippen LogP contribution in [0, 0.1) is 0 Å². The third kappa shape index (κ3) is 7.19. The smallest absolute Gasteiger partial charge is 0.396 e. The van der Waals surface area contributed by atoms with Gasteiger partial charge in [0.25, 0.3) is 0 Å². The number of hydrogen-bond donors (Lipinski definition) is 1. The minimum absolute atomic E-state index is 0.131. The van der Waals surface area contributed by atoms with E-state index >= 15 is 0 Å². The minimum atomic E-state index is -0.786. The van der Waals surface area contributed by atoms with Crippen molar-refractivity contribution in [2.24, 2.45) is 0 Å². The largest absolute Gasteiger partial charge is 0.462 e. The summed E-state index contributed by atoms with van der Waals surface area (Å²) in [4.78, 5) is 22.7. The maximum Gasteiger partial charge on any atom is 0.396 e. The van der Waals surface area contributed by atoms with Crippen LogP contribution in [0.5, 0.6) is 0 Å². The Labute approximate surface area is 116 Å². The number of hydrogen-bond acceptors (Lipinski definition) is 3. The molecule has 1 rings (SSSR count). The Kier molecular flexibility index (Phi) is 8.26. The van der Waals surface area contributed by atoms with Crippen LogP contribution >= 0.6 is 0 Å². The molecule has 19 heavy (non-hydrogen) atoms. The summed E-state index contributed by atoms with van der Waals surface area (Å²) < 4.78 is 4.44. The van der Waals surface area contributed by atoms with Gasteiger partial charge in [-0.1, -0.05) is 57.8 Å². The first kappa shape index (κ1) is 16.0. The molecule has 0 heterocycles. The van der Waals surface area contributed by atoms with E-state index in [1.165, 1.54) is 52.1 Å². The third-order valence-corrected chi connectivity index (χ3v) is 3.81. The van der Waals surface area contributed by atoms with Crippen LogP contribution in [0.2, 0.25) is 0 Å². The van der Waals surface area contributed by atoms with E-state index in [1.807, 2.05) is 0 Å². The number of methoxy groups -OCH3 is 1. The van der Waals surface area contributed by atoms with E-state index in [4.69, 9.17) is 0 Å². The second-order valence-electron chi connectivity index (χ2n) is 5.42. The molecule has 1 aliphatic carbocycles. The molecule has 1 amide bonds. The van der Waals surface area contributed by atoms with Gasteiger partial charge in [-0.15, -0.1) is 0 Å². The summed E-state index contributed by atoms with van der Waals surface area (Å²) in [6, 6.07) is 0.131. The van der Waals surface area contributed by atoms with E-state index in [0.29, 0.717) is 0 Å². The SMILES string of the molecule is COC(=O)C(=O)NC1CCCCCCCCCCC1. The van der Waals surface area contributed by atoms with Crippen molar-refractivity contribution >= 4 is 11.9 Å². The van der Waals surface area contributed by atoms with Crippen molar-refractivity contribution in [3.05, 3.63) is 0 Å². The second kappa shape index (κ2) is 9.82. The highest BCUT2D eigenvalue weighted by atomic mass is 16.5. The van der Waals surface area contributed by atoms with Crippen molar-refractivity contribution in [3.8, 4) is 0 Å². The van der Waals surface area contributed by atoms with Crippen LogP contribution in [-0.2, 0) is 14.3 Å². The van der Waals surface area contributed by atoms with E-state index in [2.05, 4.69) is 10.1 Å². The number of carbonyl (C=O) groups is 2. The van der Waals surface area contributed by atoms with Gasteiger partial charge in [0, 0.05) is 6.04 Å². The molecule has 0 atom stereocenters. The van der Waals surface area contributed by atoms with E-state index in [1.54, 1.807) is 0 Å². The maximum atomic E-state index is 11.5. The van der Waals surface area contributed by atoms with Gasteiger partial charge in [-0.05, 0) is 12.8 Å². The van der Waals surface area contributed by atoms with Crippen molar-refractivity contribution in [2.75, 3.05) is 7.11 Å². The molecule has 4 nitrogen and oxygen atoms in total. The highest BCUT2D eigenvalue weighted by Gasteiger charge is 2.18. The molecule has 0 spiro atoms. The predicted molar refractivity (Wildman–Crippen MR) is 74.7 cm³/mol. The van der Waals surface area contributed by atoms with Crippen LogP contribution in [0.3, 0.4) is 0 Å². The lowest BCUT2D eigenvalue weighted by Gasteiger charge is -2.18. The third-order valence-electron chi connectivity index (χ3n) is 3.81. The first-order valence-electron chi connectivity index (χ1n) is 7.63. The normalized spacial score (nSPS) is 19.8. The Morgan fingerprint density at radius 1 is 0.842 bits per heavy atom. The lowest BCUT2D eigenvalue weighted by molar-refractivity contribution is -0.153. The van der Waals surface area contributed by atoms with Crippen molar-refractivity contribution < 1.29 is 14.3 Å². The van der Waals surface area contributed by atoms with Gasteiger partial charge in [-0.3, -0.25) is 4.79 Å². The molecule has 1 N–H and O–H groups in total. The van der Waals surface area contributed by atoms with Crippen LogP contribution in [0.15, 0.2) is 0 Å². The summed E-state index contributed by atoms with van der Waals surface area (Å²) in [6.45, 7) is 0. The van der Waals surface area contributed by atoms with Gasteiger partial charge in [-0.25, -0.2) is 4.79 Å². The van der Waals surface area contributed by atoms with Crippen LogP contribution in [0.1, 0.15) is 70.6 Å². The predicted octanol–water partition coefficient (Wildman–Crippen LogP) is 2.95. The highest BCUT2D eigenvalue weighted by molar-refractivity contribution is 6.32. The molecule has 4 heteroatoms. The van der Waals surface area contributed by atoms with E-state index in [9.17, 15) is 9.59 Å². The van der Waals surface area contributed by atoms with Gasteiger partial charge in [0.05, 0.1) is 7.11 Å². The van der Waals surface area contributed by atoms with Gasteiger partial charge in [-0.2, -0.15) is 0 Å². The lowest BCUT2D eigenvalue weighted by Crippen LogP contribution is -2.39. The minimum Gasteiger partial charge on any atom is -0.462 e. The molecule has 1 fully saturated rings. The van der Waals surface area contributed by atoms with E-state index in [-0.39, 0.29) is 6.04 Å². The summed E-state index contributed by atoms with van der Waals surface area (Å²) in [5.41, 5.74) is 0. The van der Waals surface area contributed by atoms with Crippen LogP contribution in [0.4, 0.5) is 0 Å². The number of esters is 1. The lowest BCUT2D eigenvalue weighted by atomic mass is 9.98. The second-order valence-corrected chi connectivity index (χ2v) is 5.42. The van der Waals surface area contributed by atoms with Crippen molar-refractivity contribution in [3.63, 3.8) is 0 Å². The summed E-state index contributed by atoms with van der Waals surface area (Å²) in [5.74, 6) is -1.38. The average molecular weight is 269 g/mol. The summed E-state index contributed by atoms with van der Waals surface area (Å²) in [7, 11) is 1.24. The fourth-order valence-electron chi connectivity index (χ4n) is 2.64. The molecule has 0 bridgehead atoms. The highest BCUT2D eigenvalue weighted by Crippen LogP contribution is 2.16. The Balaban J connectivity index is 2.38. The Morgan fingerprint density at radius 3 is 1.68 bits per heavy atom. The fraction of sp³-hybridized carbons (Fsp3) is 0.867. The maximum absolute atomic E-state index is 11.5. The Hall–Kier alpha value is -1.06. The monoisotopic (exact) mass is 269 g/mol. The molecular weight excluding hydrogens is 242 g/mol. The molecule has 0 radical (unpaired) electrons.